The van der Waals surface area contributed by atoms with Gasteiger partial charge in [0, 0.05) is 12.6 Å². The lowest BCUT2D eigenvalue weighted by molar-refractivity contribution is -0.0717. The molecule has 2 aliphatic rings. The zero-order valence-corrected chi connectivity index (χ0v) is 9.08. The van der Waals surface area contributed by atoms with Crippen molar-refractivity contribution in [1.29, 1.82) is 0 Å². The molecule has 0 aromatic carbocycles. The van der Waals surface area contributed by atoms with Gasteiger partial charge in [-0.1, -0.05) is 13.3 Å². The van der Waals surface area contributed by atoms with Gasteiger partial charge in [0.15, 0.2) is 0 Å². The first-order valence-corrected chi connectivity index (χ1v) is 5.85. The van der Waals surface area contributed by atoms with E-state index in [1.165, 1.54) is 38.6 Å². The summed E-state index contributed by atoms with van der Waals surface area (Å²) in [6.07, 6.45) is 6.79. The molecule has 0 aromatic heterocycles. The second-order valence-electron chi connectivity index (χ2n) is 4.32. The highest BCUT2D eigenvalue weighted by Crippen LogP contribution is 2.28. The van der Waals surface area contributed by atoms with Crippen LogP contribution in [-0.4, -0.2) is 37.1 Å². The summed E-state index contributed by atoms with van der Waals surface area (Å²) in [7, 11) is 0. The summed E-state index contributed by atoms with van der Waals surface area (Å²) in [5.41, 5.74) is 0. The molecule has 0 amide bonds. The fourth-order valence-corrected chi connectivity index (χ4v) is 2.50. The average Bonchev–Trinajstić information content (AvgIpc) is 2.58. The third-order valence-corrected chi connectivity index (χ3v) is 3.31. The summed E-state index contributed by atoms with van der Waals surface area (Å²) in [6, 6.07) is 0.629. The number of fused-ring (bicyclic) bond motifs is 1. The molecule has 3 nitrogen and oxygen atoms in total. The Kier molecular flexibility index (Phi) is 3.79. The first-order valence-electron chi connectivity index (χ1n) is 5.85. The normalized spacial score (nSPS) is 34.1. The smallest absolute Gasteiger partial charge is 0.148 e. The van der Waals surface area contributed by atoms with Crippen LogP contribution in [0, 0.1) is 0 Å². The number of ether oxygens (including phenoxy) is 2. The molecule has 0 spiro atoms. The van der Waals surface area contributed by atoms with Crippen LogP contribution in [0.5, 0.6) is 0 Å². The fraction of sp³-hybridized carbons (Fsp3) is 1.00. The Morgan fingerprint density at radius 1 is 1.36 bits per heavy atom. The van der Waals surface area contributed by atoms with Gasteiger partial charge in [-0.3, -0.25) is 4.90 Å². The average molecular weight is 199 g/mol. The molecule has 2 unspecified atom stereocenters. The number of hydrogen-bond donors (Lipinski definition) is 0. The van der Waals surface area contributed by atoms with E-state index in [1.54, 1.807) is 0 Å². The van der Waals surface area contributed by atoms with Gasteiger partial charge in [-0.25, -0.2) is 0 Å². The van der Waals surface area contributed by atoms with E-state index in [4.69, 9.17) is 9.47 Å². The molecule has 0 N–H and O–H groups in total. The Morgan fingerprint density at radius 2 is 2.29 bits per heavy atom. The van der Waals surface area contributed by atoms with Crippen LogP contribution in [-0.2, 0) is 9.47 Å². The van der Waals surface area contributed by atoms with E-state index in [0.717, 1.165) is 6.73 Å². The van der Waals surface area contributed by atoms with Crippen LogP contribution >= 0.6 is 0 Å². The molecule has 3 heteroatoms. The highest BCUT2D eigenvalue weighted by atomic mass is 16.7. The van der Waals surface area contributed by atoms with E-state index in [0.29, 0.717) is 18.9 Å². The van der Waals surface area contributed by atoms with Gasteiger partial charge < -0.3 is 9.47 Å². The van der Waals surface area contributed by atoms with E-state index < -0.39 is 0 Å². The van der Waals surface area contributed by atoms with Crippen LogP contribution in [0.4, 0.5) is 0 Å². The van der Waals surface area contributed by atoms with Crippen molar-refractivity contribution in [3.05, 3.63) is 0 Å². The van der Waals surface area contributed by atoms with Gasteiger partial charge in [-0.2, -0.15) is 0 Å². The van der Waals surface area contributed by atoms with Gasteiger partial charge in [-0.15, -0.1) is 0 Å². The maximum absolute atomic E-state index is 5.67. The molecular formula is C11H21NO2. The molecule has 1 saturated carbocycles. The Hall–Kier alpha value is -0.120. The molecule has 2 fully saturated rings. The van der Waals surface area contributed by atoms with Gasteiger partial charge in [-0.05, 0) is 25.7 Å². The lowest BCUT2D eigenvalue weighted by Crippen LogP contribution is -2.40. The highest BCUT2D eigenvalue weighted by Gasteiger charge is 2.34. The van der Waals surface area contributed by atoms with E-state index >= 15 is 0 Å². The Balaban J connectivity index is 1.91. The SMILES string of the molecule is CCCCN1COCOC2CCCC21. The number of unbranched alkanes of at least 4 members (excludes halogenated alkanes) is 1. The lowest BCUT2D eigenvalue weighted by atomic mass is 10.1. The molecule has 1 heterocycles. The topological polar surface area (TPSA) is 21.7 Å². The Bertz CT molecular complexity index is 175. The van der Waals surface area contributed by atoms with Gasteiger partial charge in [0.2, 0.25) is 0 Å². The van der Waals surface area contributed by atoms with Crippen molar-refractivity contribution >= 4 is 0 Å². The van der Waals surface area contributed by atoms with Crippen molar-refractivity contribution in [3.8, 4) is 0 Å². The predicted octanol–water partition coefficient (Wildman–Crippen LogP) is 1.97. The number of hydrogen-bond acceptors (Lipinski definition) is 3. The van der Waals surface area contributed by atoms with E-state index in [2.05, 4.69) is 11.8 Å². The minimum atomic E-state index is 0.439. The van der Waals surface area contributed by atoms with Gasteiger partial charge in [0.1, 0.15) is 13.5 Å². The van der Waals surface area contributed by atoms with Crippen LogP contribution < -0.4 is 0 Å². The van der Waals surface area contributed by atoms with E-state index in [1.807, 2.05) is 0 Å². The molecule has 2 rings (SSSR count). The van der Waals surface area contributed by atoms with Crippen LogP contribution in [0.3, 0.4) is 0 Å². The highest BCUT2D eigenvalue weighted by molar-refractivity contribution is 4.86. The summed E-state index contributed by atoms with van der Waals surface area (Å²) in [5, 5.41) is 0. The Labute approximate surface area is 86.4 Å². The molecule has 1 saturated heterocycles. The number of rotatable bonds is 3. The zero-order valence-electron chi connectivity index (χ0n) is 9.08. The molecule has 82 valence electrons. The lowest BCUT2D eigenvalue weighted by Gasteiger charge is -2.28. The van der Waals surface area contributed by atoms with E-state index in [9.17, 15) is 0 Å². The van der Waals surface area contributed by atoms with Crippen molar-refractivity contribution in [3.63, 3.8) is 0 Å². The quantitative estimate of drug-likeness (QED) is 0.693. The summed E-state index contributed by atoms with van der Waals surface area (Å²) >= 11 is 0. The standard InChI is InChI=1S/C11H21NO2/c1-2-3-7-12-8-13-9-14-11-6-4-5-10(11)12/h10-11H,2-9H2,1H3. The van der Waals surface area contributed by atoms with Crippen molar-refractivity contribution in [1.82, 2.24) is 4.90 Å². The van der Waals surface area contributed by atoms with Gasteiger partial charge in [0.05, 0.1) is 6.10 Å². The molecule has 0 aromatic rings. The maximum Gasteiger partial charge on any atom is 0.148 e. The third-order valence-electron chi connectivity index (χ3n) is 3.31. The zero-order chi connectivity index (χ0) is 9.80. The first-order chi connectivity index (χ1) is 6.92. The molecule has 0 radical (unpaired) electrons. The van der Waals surface area contributed by atoms with Gasteiger partial charge in [0.25, 0.3) is 0 Å². The minimum Gasteiger partial charge on any atom is -0.350 e. The predicted molar refractivity (Wildman–Crippen MR) is 54.9 cm³/mol. The van der Waals surface area contributed by atoms with Crippen molar-refractivity contribution < 1.29 is 9.47 Å². The second-order valence-corrected chi connectivity index (χ2v) is 4.32. The molecular weight excluding hydrogens is 178 g/mol. The summed E-state index contributed by atoms with van der Waals surface area (Å²) in [5.74, 6) is 0. The van der Waals surface area contributed by atoms with Crippen LogP contribution in [0.2, 0.25) is 0 Å². The van der Waals surface area contributed by atoms with Gasteiger partial charge >= 0.3 is 0 Å². The van der Waals surface area contributed by atoms with Crippen LogP contribution in [0.1, 0.15) is 39.0 Å². The fourth-order valence-electron chi connectivity index (χ4n) is 2.50. The summed E-state index contributed by atoms with van der Waals surface area (Å²) in [6.45, 7) is 4.66. The van der Waals surface area contributed by atoms with E-state index in [-0.39, 0.29) is 0 Å². The molecule has 0 bridgehead atoms. The second kappa shape index (κ2) is 5.10. The largest absolute Gasteiger partial charge is 0.350 e. The summed E-state index contributed by atoms with van der Waals surface area (Å²) < 4.78 is 11.1. The van der Waals surface area contributed by atoms with Crippen molar-refractivity contribution in [2.24, 2.45) is 0 Å². The van der Waals surface area contributed by atoms with Crippen molar-refractivity contribution in [2.45, 2.75) is 51.2 Å². The molecule has 2 atom stereocenters. The third kappa shape index (κ3) is 2.27. The molecule has 14 heavy (non-hydrogen) atoms. The minimum absolute atomic E-state index is 0.439. The van der Waals surface area contributed by atoms with Crippen LogP contribution in [0.15, 0.2) is 0 Å². The van der Waals surface area contributed by atoms with Crippen LogP contribution in [0.25, 0.3) is 0 Å². The Morgan fingerprint density at radius 3 is 3.14 bits per heavy atom. The first kappa shape index (κ1) is 10.4. The number of nitrogens with zero attached hydrogens (tertiary/aromatic N) is 1. The summed E-state index contributed by atoms with van der Waals surface area (Å²) in [4.78, 5) is 2.47. The molecule has 1 aliphatic heterocycles. The molecule has 1 aliphatic carbocycles. The maximum atomic E-state index is 5.67. The van der Waals surface area contributed by atoms with Crippen molar-refractivity contribution in [2.75, 3.05) is 20.1 Å². The monoisotopic (exact) mass is 199 g/mol.